The monoisotopic (exact) mass is 205 g/mol. The first-order valence-corrected chi connectivity index (χ1v) is 3.60. The fraction of sp³-hybridized carbons (Fsp3) is 0.125. The van der Waals surface area contributed by atoms with E-state index in [9.17, 15) is 13.2 Å². The Morgan fingerprint density at radius 3 is 2.31 bits per heavy atom. The summed E-state index contributed by atoms with van der Waals surface area (Å²) in [5.74, 6) is 0. The molecule has 0 saturated carbocycles. The molecule has 5 heteroatoms. The van der Waals surface area contributed by atoms with Crippen molar-refractivity contribution < 1.29 is 13.2 Å². The van der Waals surface area contributed by atoms with E-state index < -0.39 is 16.8 Å². The lowest BCUT2D eigenvalue weighted by atomic mass is 10.1. The quantitative estimate of drug-likeness (QED) is 0.638. The van der Waals surface area contributed by atoms with Gasteiger partial charge >= 0.3 is 6.18 Å². The Bertz CT molecular complexity index is 365. The summed E-state index contributed by atoms with van der Waals surface area (Å²) < 4.78 is 36.4. The predicted octanol–water partition coefficient (Wildman–Crippen LogP) is 3.23. The highest BCUT2D eigenvalue weighted by atomic mass is 35.5. The van der Waals surface area contributed by atoms with Crippen LogP contribution in [0.2, 0.25) is 5.02 Å². The summed E-state index contributed by atoms with van der Waals surface area (Å²) in [4.78, 5) is 0. The molecule has 0 radical (unpaired) electrons. The first-order valence-electron chi connectivity index (χ1n) is 3.22. The average molecular weight is 206 g/mol. The number of rotatable bonds is 0. The summed E-state index contributed by atoms with van der Waals surface area (Å²) in [6, 6.07) is 4.56. The zero-order valence-corrected chi connectivity index (χ0v) is 6.95. The van der Waals surface area contributed by atoms with Crippen LogP contribution in [-0.4, -0.2) is 0 Å². The van der Waals surface area contributed by atoms with Crippen LogP contribution < -0.4 is 0 Å². The molecule has 0 atom stereocenters. The lowest BCUT2D eigenvalue weighted by Gasteiger charge is -2.07. The number of alkyl halides is 3. The van der Waals surface area contributed by atoms with Gasteiger partial charge in [-0.15, -0.1) is 0 Å². The Kier molecular flexibility index (Phi) is 2.48. The van der Waals surface area contributed by atoms with E-state index in [1.165, 1.54) is 0 Å². The van der Waals surface area contributed by atoms with Crippen LogP contribution in [0.1, 0.15) is 11.1 Å². The molecule has 0 fully saturated rings. The predicted molar refractivity (Wildman–Crippen MR) is 41.2 cm³/mol. The van der Waals surface area contributed by atoms with Crippen LogP contribution in [0.15, 0.2) is 18.2 Å². The highest BCUT2D eigenvalue weighted by Crippen LogP contribution is 2.34. The SMILES string of the molecule is N#Cc1ccc(C(F)(F)F)c(Cl)c1. The van der Waals surface area contributed by atoms with Crippen molar-refractivity contribution in [3.05, 3.63) is 34.3 Å². The minimum Gasteiger partial charge on any atom is -0.192 e. The molecule has 0 heterocycles. The number of nitrogens with zero attached hydrogens (tertiary/aromatic N) is 1. The molecule has 0 bridgehead atoms. The van der Waals surface area contributed by atoms with Gasteiger partial charge in [-0.05, 0) is 18.2 Å². The zero-order valence-electron chi connectivity index (χ0n) is 6.19. The van der Waals surface area contributed by atoms with Crippen LogP contribution in [0.25, 0.3) is 0 Å². The topological polar surface area (TPSA) is 23.8 Å². The molecule has 0 aliphatic heterocycles. The average Bonchev–Trinajstić information content (AvgIpc) is 2.01. The fourth-order valence-corrected chi connectivity index (χ4v) is 1.10. The molecule has 0 N–H and O–H groups in total. The zero-order chi connectivity index (χ0) is 10.1. The Morgan fingerprint density at radius 2 is 1.92 bits per heavy atom. The van der Waals surface area contributed by atoms with E-state index in [-0.39, 0.29) is 5.56 Å². The molecule has 0 saturated heterocycles. The van der Waals surface area contributed by atoms with E-state index in [0.717, 1.165) is 18.2 Å². The molecular formula is C8H3ClF3N. The van der Waals surface area contributed by atoms with E-state index >= 15 is 0 Å². The van der Waals surface area contributed by atoms with Crippen LogP contribution in [0.5, 0.6) is 0 Å². The smallest absolute Gasteiger partial charge is 0.192 e. The minimum atomic E-state index is -4.47. The highest BCUT2D eigenvalue weighted by Gasteiger charge is 2.32. The minimum absolute atomic E-state index is 0.109. The summed E-state index contributed by atoms with van der Waals surface area (Å²) in [7, 11) is 0. The van der Waals surface area contributed by atoms with Crippen molar-refractivity contribution in [2.45, 2.75) is 6.18 Å². The van der Waals surface area contributed by atoms with Gasteiger partial charge in [-0.2, -0.15) is 18.4 Å². The van der Waals surface area contributed by atoms with Crippen molar-refractivity contribution in [2.75, 3.05) is 0 Å². The molecule has 1 aromatic carbocycles. The molecular weight excluding hydrogens is 203 g/mol. The van der Waals surface area contributed by atoms with Crippen LogP contribution in [0.4, 0.5) is 13.2 Å². The third-order valence-electron chi connectivity index (χ3n) is 1.40. The first-order chi connectivity index (χ1) is 5.95. The molecule has 0 unspecified atom stereocenters. The number of hydrogen-bond acceptors (Lipinski definition) is 1. The van der Waals surface area contributed by atoms with Crippen LogP contribution in [0, 0.1) is 11.3 Å². The second-order valence-corrected chi connectivity index (χ2v) is 2.71. The number of hydrogen-bond donors (Lipinski definition) is 0. The second kappa shape index (κ2) is 3.27. The Morgan fingerprint density at radius 1 is 1.31 bits per heavy atom. The normalized spacial score (nSPS) is 11.0. The molecule has 68 valence electrons. The van der Waals surface area contributed by atoms with Gasteiger partial charge in [-0.25, -0.2) is 0 Å². The summed E-state index contributed by atoms with van der Waals surface area (Å²) >= 11 is 5.32. The van der Waals surface area contributed by atoms with E-state index in [0.29, 0.717) is 0 Å². The first kappa shape index (κ1) is 9.87. The van der Waals surface area contributed by atoms with E-state index in [2.05, 4.69) is 0 Å². The number of benzene rings is 1. The van der Waals surface area contributed by atoms with Crippen molar-refractivity contribution in [2.24, 2.45) is 0 Å². The molecule has 0 spiro atoms. The van der Waals surface area contributed by atoms with E-state index in [4.69, 9.17) is 16.9 Å². The van der Waals surface area contributed by atoms with Gasteiger partial charge in [0.25, 0.3) is 0 Å². The molecule has 1 aromatic rings. The molecule has 0 aromatic heterocycles. The summed E-state index contributed by atoms with van der Waals surface area (Å²) in [5, 5.41) is 7.91. The maximum absolute atomic E-state index is 12.1. The number of halogens is 4. The maximum atomic E-state index is 12.1. The molecule has 1 rings (SSSR count). The Hall–Kier alpha value is -1.21. The maximum Gasteiger partial charge on any atom is 0.417 e. The van der Waals surface area contributed by atoms with Crippen molar-refractivity contribution in [1.82, 2.24) is 0 Å². The third-order valence-corrected chi connectivity index (χ3v) is 1.72. The van der Waals surface area contributed by atoms with E-state index in [1.807, 2.05) is 0 Å². The van der Waals surface area contributed by atoms with Crippen molar-refractivity contribution >= 4 is 11.6 Å². The van der Waals surface area contributed by atoms with Crippen LogP contribution in [0.3, 0.4) is 0 Å². The molecule has 0 amide bonds. The van der Waals surface area contributed by atoms with Gasteiger partial charge in [-0.3, -0.25) is 0 Å². The fourth-order valence-electron chi connectivity index (χ4n) is 0.815. The standard InChI is InChI=1S/C8H3ClF3N/c9-7-3-5(4-13)1-2-6(7)8(10,11)12/h1-3H. The summed E-state index contributed by atoms with van der Waals surface area (Å²) in [6.45, 7) is 0. The molecule has 13 heavy (non-hydrogen) atoms. The summed E-state index contributed by atoms with van der Waals surface area (Å²) in [6.07, 6.45) is -4.47. The van der Waals surface area contributed by atoms with Gasteiger partial charge in [0.05, 0.1) is 22.2 Å². The van der Waals surface area contributed by atoms with Gasteiger partial charge in [-0.1, -0.05) is 11.6 Å². The molecule has 0 aliphatic rings. The van der Waals surface area contributed by atoms with Gasteiger partial charge in [0.2, 0.25) is 0 Å². The largest absolute Gasteiger partial charge is 0.417 e. The van der Waals surface area contributed by atoms with E-state index in [1.54, 1.807) is 6.07 Å². The molecule has 1 nitrogen and oxygen atoms in total. The Balaban J connectivity index is 3.23. The highest BCUT2D eigenvalue weighted by molar-refractivity contribution is 6.31. The molecule has 0 aliphatic carbocycles. The van der Waals surface area contributed by atoms with Crippen molar-refractivity contribution in [3.8, 4) is 6.07 Å². The van der Waals surface area contributed by atoms with Gasteiger partial charge in [0.1, 0.15) is 0 Å². The lowest BCUT2D eigenvalue weighted by Crippen LogP contribution is -2.05. The third kappa shape index (κ3) is 2.13. The second-order valence-electron chi connectivity index (χ2n) is 2.30. The van der Waals surface area contributed by atoms with Crippen molar-refractivity contribution in [3.63, 3.8) is 0 Å². The van der Waals surface area contributed by atoms with Crippen LogP contribution >= 0.6 is 11.6 Å². The lowest BCUT2D eigenvalue weighted by molar-refractivity contribution is -0.137. The van der Waals surface area contributed by atoms with Gasteiger partial charge < -0.3 is 0 Å². The van der Waals surface area contributed by atoms with Crippen LogP contribution in [-0.2, 0) is 6.18 Å². The number of nitriles is 1. The van der Waals surface area contributed by atoms with Crippen molar-refractivity contribution in [1.29, 1.82) is 5.26 Å². The van der Waals surface area contributed by atoms with Gasteiger partial charge in [0.15, 0.2) is 0 Å². The van der Waals surface area contributed by atoms with Gasteiger partial charge in [0, 0.05) is 0 Å². The summed E-state index contributed by atoms with van der Waals surface area (Å²) in [5.41, 5.74) is -0.814. The Labute approximate surface area is 77.4 Å².